The fourth-order valence-electron chi connectivity index (χ4n) is 10.3. The first-order valence-corrected chi connectivity index (χ1v) is 23.1. The zero-order valence-corrected chi connectivity index (χ0v) is 34.2. The van der Waals surface area contributed by atoms with Crippen molar-refractivity contribution in [2.75, 3.05) is 24.6 Å². The van der Waals surface area contributed by atoms with Gasteiger partial charge in [0.1, 0.15) is 0 Å². The van der Waals surface area contributed by atoms with Crippen molar-refractivity contribution in [1.29, 1.82) is 0 Å². The molecule has 0 aromatic carbocycles. The van der Waals surface area contributed by atoms with Crippen molar-refractivity contribution in [2.45, 2.75) is 111 Å². The van der Waals surface area contributed by atoms with Gasteiger partial charge in [-0.3, -0.25) is 0 Å². The van der Waals surface area contributed by atoms with E-state index in [0.717, 1.165) is 0 Å². The number of rotatable bonds is 2. The van der Waals surface area contributed by atoms with Crippen molar-refractivity contribution in [3.05, 3.63) is 87.1 Å². The molecule has 236 valence electrons. The van der Waals surface area contributed by atoms with Crippen LogP contribution in [0.4, 0.5) is 0 Å². The first kappa shape index (κ1) is 32.2. The third-order valence-corrected chi connectivity index (χ3v) is 28.4. The Morgan fingerprint density at radius 3 is 0.591 bits per heavy atom. The van der Waals surface area contributed by atoms with Gasteiger partial charge < -0.3 is 0 Å². The third-order valence-electron chi connectivity index (χ3n) is 15.3. The molecule has 0 spiro atoms. The SMILES string of the molecule is CC1=C(C)[C@@]2(C)C[P@]1C(C1=C(C)[C@]3(C)C[P@@]1C(C)=C3C)=C2C.CC1=C(C)[C@]2(C)C[P@@]1C(C1=C(C)[C@@]3(C)C[P@]1C(C)=C3C)=C2C. The maximum Gasteiger partial charge on any atom is 0.0148 e. The second kappa shape index (κ2) is 9.63. The number of hydrogen-bond donors (Lipinski definition) is 0. The zero-order valence-electron chi connectivity index (χ0n) is 30.6. The molecule has 8 rings (SSSR count). The van der Waals surface area contributed by atoms with Crippen LogP contribution in [0.15, 0.2) is 87.1 Å². The molecular weight excluding hydrogens is 604 g/mol. The molecule has 0 aromatic heterocycles. The van der Waals surface area contributed by atoms with E-state index in [2.05, 4.69) is 111 Å². The highest BCUT2D eigenvalue weighted by molar-refractivity contribution is 7.73. The van der Waals surface area contributed by atoms with Crippen LogP contribution in [-0.2, 0) is 0 Å². The molecule has 8 aliphatic rings. The molecule has 8 atom stereocenters. The molecule has 0 aromatic rings. The van der Waals surface area contributed by atoms with Crippen molar-refractivity contribution in [1.82, 2.24) is 0 Å². The van der Waals surface area contributed by atoms with Crippen LogP contribution >= 0.6 is 31.7 Å². The van der Waals surface area contributed by atoms with E-state index in [9.17, 15) is 0 Å². The molecule has 0 radical (unpaired) electrons. The zero-order chi connectivity index (χ0) is 32.4. The minimum Gasteiger partial charge on any atom is -0.0592 e. The standard InChI is InChI=1S/2C20H28P2/c2*1-11-15(5)21-9-19(11,7)13(3)17(21)18-14(4)20(8)10-22(18)16(6)12(20)2/h2*9-10H2,1-8H3/t2*19-,20-,21+,22+/m10/s1. The summed E-state index contributed by atoms with van der Waals surface area (Å²) in [5, 5.41) is 14.3. The van der Waals surface area contributed by atoms with E-state index in [1.807, 2.05) is 21.3 Å². The molecule has 8 aliphatic heterocycles. The highest BCUT2D eigenvalue weighted by Gasteiger charge is 2.57. The van der Waals surface area contributed by atoms with Gasteiger partial charge in [0.15, 0.2) is 0 Å². The maximum absolute atomic E-state index is 2.50. The molecule has 0 nitrogen and oxygen atoms in total. The smallest absolute Gasteiger partial charge is 0.0148 e. The van der Waals surface area contributed by atoms with E-state index in [1.165, 1.54) is 24.6 Å². The van der Waals surface area contributed by atoms with Gasteiger partial charge in [0, 0.05) is 21.7 Å². The molecule has 8 heterocycles. The highest BCUT2D eigenvalue weighted by Crippen LogP contribution is 2.84. The predicted octanol–water partition coefficient (Wildman–Crippen LogP) is 14.3. The largest absolute Gasteiger partial charge is 0.0592 e. The molecule has 0 unspecified atom stereocenters. The third kappa shape index (κ3) is 3.53. The Hall–Kier alpha value is -0.360. The van der Waals surface area contributed by atoms with Gasteiger partial charge in [-0.25, -0.2) is 0 Å². The normalized spacial score (nSPS) is 43.6. The number of fused-ring (bicyclic) bond motifs is 8. The lowest BCUT2D eigenvalue weighted by Crippen LogP contribution is -2.19. The quantitative estimate of drug-likeness (QED) is 0.259. The van der Waals surface area contributed by atoms with Crippen molar-refractivity contribution in [3.63, 3.8) is 0 Å². The van der Waals surface area contributed by atoms with Gasteiger partial charge in [-0.15, -0.1) is 0 Å². The summed E-state index contributed by atoms with van der Waals surface area (Å²) in [6.45, 7) is 39.1. The Labute approximate surface area is 274 Å². The van der Waals surface area contributed by atoms with E-state index < -0.39 is 0 Å². The summed E-state index contributed by atoms with van der Waals surface area (Å²) < 4.78 is 0. The van der Waals surface area contributed by atoms with Crippen LogP contribution < -0.4 is 0 Å². The van der Waals surface area contributed by atoms with Crippen LogP contribution in [0.3, 0.4) is 0 Å². The van der Waals surface area contributed by atoms with Crippen LogP contribution in [0.1, 0.15) is 111 Å². The van der Waals surface area contributed by atoms with E-state index in [4.69, 9.17) is 0 Å². The number of allylic oxidation sites excluding steroid dienone is 16. The Morgan fingerprint density at radius 1 is 0.295 bits per heavy atom. The Kier molecular flexibility index (Phi) is 7.04. The van der Waals surface area contributed by atoms with Crippen LogP contribution in [0.5, 0.6) is 0 Å². The molecule has 4 heteroatoms. The molecule has 8 bridgehead atoms. The fourth-order valence-corrected chi connectivity index (χ4v) is 26.0. The highest BCUT2D eigenvalue weighted by atomic mass is 31.1. The van der Waals surface area contributed by atoms with Crippen molar-refractivity contribution < 1.29 is 0 Å². The van der Waals surface area contributed by atoms with Crippen molar-refractivity contribution in [2.24, 2.45) is 21.7 Å². The first-order chi connectivity index (χ1) is 20.3. The second-order valence-electron chi connectivity index (χ2n) is 16.4. The van der Waals surface area contributed by atoms with Gasteiger partial charge in [-0.1, -0.05) is 72.3 Å². The molecule has 44 heavy (non-hydrogen) atoms. The lowest BCUT2D eigenvalue weighted by molar-refractivity contribution is 0.557. The van der Waals surface area contributed by atoms with Gasteiger partial charge in [-0.2, -0.15) is 0 Å². The average Bonchev–Trinajstić information content (AvgIpc) is 3.78. The lowest BCUT2D eigenvalue weighted by Gasteiger charge is -2.32. The summed E-state index contributed by atoms with van der Waals surface area (Å²) in [4.78, 5) is 0. The second-order valence-corrected chi connectivity index (χ2v) is 25.6. The molecule has 0 amide bonds. The van der Waals surface area contributed by atoms with Crippen molar-refractivity contribution in [3.8, 4) is 0 Å². The minimum absolute atomic E-state index is 0.0309. The molecular formula is C40H56P4. The summed E-state index contributed by atoms with van der Waals surface area (Å²) in [7, 11) is -0.124. The lowest BCUT2D eigenvalue weighted by atomic mass is 9.76. The predicted molar refractivity (Wildman–Crippen MR) is 204 cm³/mol. The summed E-state index contributed by atoms with van der Waals surface area (Å²) in [6.07, 6.45) is 5.61. The summed E-state index contributed by atoms with van der Waals surface area (Å²) >= 11 is 0. The first-order valence-electron chi connectivity index (χ1n) is 17.0. The van der Waals surface area contributed by atoms with Gasteiger partial charge in [0.2, 0.25) is 0 Å². The van der Waals surface area contributed by atoms with Crippen LogP contribution in [-0.4, -0.2) is 24.6 Å². The van der Waals surface area contributed by atoms with E-state index in [-0.39, 0.29) is 31.7 Å². The van der Waals surface area contributed by atoms with E-state index in [0.29, 0.717) is 21.7 Å². The average molecular weight is 661 g/mol. The molecule has 0 saturated carbocycles. The van der Waals surface area contributed by atoms with Crippen LogP contribution in [0.25, 0.3) is 0 Å². The molecule has 0 aliphatic carbocycles. The molecule has 0 N–H and O–H groups in total. The fraction of sp³-hybridized carbons (Fsp3) is 0.600. The van der Waals surface area contributed by atoms with Gasteiger partial charge in [0.25, 0.3) is 0 Å². The van der Waals surface area contributed by atoms with Crippen LogP contribution in [0.2, 0.25) is 0 Å². The maximum atomic E-state index is 2.50. The summed E-state index contributed by atoms with van der Waals surface area (Å²) in [5.74, 6) is 0. The number of hydrogen-bond acceptors (Lipinski definition) is 0. The summed E-state index contributed by atoms with van der Waals surface area (Å²) in [5.41, 5.74) is 15.1. The Balaban J connectivity index is 0.000000142. The van der Waals surface area contributed by atoms with Gasteiger partial charge >= 0.3 is 0 Å². The van der Waals surface area contributed by atoms with Crippen LogP contribution in [0, 0.1) is 21.7 Å². The molecule has 0 saturated heterocycles. The monoisotopic (exact) mass is 660 g/mol. The van der Waals surface area contributed by atoms with Gasteiger partial charge in [0.05, 0.1) is 0 Å². The topological polar surface area (TPSA) is 0 Å². The Morgan fingerprint density at radius 2 is 0.455 bits per heavy atom. The van der Waals surface area contributed by atoms with Crippen molar-refractivity contribution >= 4 is 31.7 Å². The van der Waals surface area contributed by atoms with E-state index >= 15 is 0 Å². The van der Waals surface area contributed by atoms with E-state index in [1.54, 1.807) is 65.8 Å². The Bertz CT molecular complexity index is 1490. The molecule has 0 fully saturated rings. The summed E-state index contributed by atoms with van der Waals surface area (Å²) in [6, 6.07) is 0. The minimum atomic E-state index is -0.0309. The van der Waals surface area contributed by atoms with Gasteiger partial charge in [-0.05, 0) is 182 Å².